The van der Waals surface area contributed by atoms with Crippen molar-refractivity contribution in [2.75, 3.05) is 13.2 Å². The van der Waals surface area contributed by atoms with Gasteiger partial charge in [0.05, 0.1) is 21.9 Å². The van der Waals surface area contributed by atoms with Gasteiger partial charge in [-0.05, 0) is 64.9 Å². The average molecular weight is 528 g/mol. The third kappa shape index (κ3) is 7.40. The molecule has 2 nitrogen and oxygen atoms in total. The van der Waals surface area contributed by atoms with Crippen LogP contribution in [0.15, 0.2) is 15.9 Å². The molecule has 0 unspecified atom stereocenters. The van der Waals surface area contributed by atoms with E-state index in [1.807, 2.05) is 22.7 Å². The van der Waals surface area contributed by atoms with Gasteiger partial charge >= 0.3 is 0 Å². The minimum Gasteiger partial charge on any atom is -0.347 e. The number of thiophene rings is 2. The quantitative estimate of drug-likeness (QED) is 0.256. The van der Waals surface area contributed by atoms with Crippen LogP contribution in [0, 0.1) is 5.41 Å². The Kier molecular flexibility index (Phi) is 10.1. The number of hydrogen-bond acceptors (Lipinski definition) is 4. The topological polar surface area (TPSA) is 18.5 Å². The zero-order valence-electron chi connectivity index (χ0n) is 19.7. The number of unbranched alkanes of at least 4 members (excludes halogenated alkanes) is 6. The Morgan fingerprint density at radius 2 is 1.48 bits per heavy atom. The second-order valence-corrected chi connectivity index (χ2v) is 13.1. The maximum absolute atomic E-state index is 6.11. The average Bonchev–Trinajstić information content (AvgIpc) is 3.32. The van der Waals surface area contributed by atoms with Gasteiger partial charge in [-0.3, -0.25) is 0 Å². The van der Waals surface area contributed by atoms with E-state index in [-0.39, 0.29) is 11.7 Å². The zero-order valence-corrected chi connectivity index (χ0v) is 22.9. The lowest BCUT2D eigenvalue weighted by Crippen LogP contribution is -2.33. The summed E-state index contributed by atoms with van der Waals surface area (Å²) in [7, 11) is 0. The van der Waals surface area contributed by atoms with Crippen molar-refractivity contribution < 1.29 is 9.47 Å². The molecule has 5 heteroatoms. The van der Waals surface area contributed by atoms with Crippen LogP contribution >= 0.6 is 38.6 Å². The summed E-state index contributed by atoms with van der Waals surface area (Å²) >= 11 is 7.62. The van der Waals surface area contributed by atoms with Gasteiger partial charge < -0.3 is 9.47 Å². The van der Waals surface area contributed by atoms with Crippen LogP contribution in [0.1, 0.15) is 101 Å². The normalized spacial score (nSPS) is 16.8. The Hall–Kier alpha value is -0.200. The fraction of sp³-hybridized carbons (Fsp3) is 0.692. The van der Waals surface area contributed by atoms with Crippen molar-refractivity contribution in [3.63, 3.8) is 0 Å². The summed E-state index contributed by atoms with van der Waals surface area (Å²) in [6, 6.07) is 4.79. The van der Waals surface area contributed by atoms with Gasteiger partial charge in [0.1, 0.15) is 0 Å². The molecule has 0 spiro atoms. The Labute approximate surface area is 205 Å². The predicted octanol–water partition coefficient (Wildman–Crippen LogP) is 9.56. The van der Waals surface area contributed by atoms with Gasteiger partial charge in [-0.2, -0.15) is 0 Å². The molecule has 31 heavy (non-hydrogen) atoms. The minimum absolute atomic E-state index is 0.102. The van der Waals surface area contributed by atoms with E-state index in [4.69, 9.17) is 9.47 Å². The Morgan fingerprint density at radius 3 is 2.10 bits per heavy atom. The first kappa shape index (κ1) is 25.4. The standard InChI is InChI=1S/C26H39BrO2S2/c1-5-7-9-11-13-19-15-22(25-28-17-26(3,4)18-29-25)30-23(19)21-16-20(24(27)31-21)14-12-10-8-6-2/h15-16,25H,5-14,17-18H2,1-4H3. The molecule has 2 aromatic rings. The van der Waals surface area contributed by atoms with Gasteiger partial charge in [0.25, 0.3) is 0 Å². The fourth-order valence-electron chi connectivity index (χ4n) is 3.99. The summed E-state index contributed by atoms with van der Waals surface area (Å²) in [6.45, 7) is 10.5. The van der Waals surface area contributed by atoms with Crippen LogP contribution in [0.25, 0.3) is 9.75 Å². The van der Waals surface area contributed by atoms with E-state index in [2.05, 4.69) is 55.8 Å². The van der Waals surface area contributed by atoms with Crippen molar-refractivity contribution in [1.82, 2.24) is 0 Å². The van der Waals surface area contributed by atoms with Gasteiger partial charge in [-0.15, -0.1) is 22.7 Å². The summed E-state index contributed by atoms with van der Waals surface area (Å²) in [5, 5.41) is 0. The fourth-order valence-corrected chi connectivity index (χ4v) is 7.11. The highest BCUT2D eigenvalue weighted by Gasteiger charge is 2.31. The van der Waals surface area contributed by atoms with Gasteiger partial charge in [-0.25, -0.2) is 0 Å². The minimum atomic E-state index is -0.210. The second-order valence-electron chi connectivity index (χ2n) is 9.65. The lowest BCUT2D eigenvalue weighted by molar-refractivity contribution is -0.224. The molecule has 0 N–H and O–H groups in total. The molecule has 1 aliphatic rings. The van der Waals surface area contributed by atoms with Crippen LogP contribution < -0.4 is 0 Å². The first-order valence-corrected chi connectivity index (χ1v) is 14.5. The summed E-state index contributed by atoms with van der Waals surface area (Å²) in [5.74, 6) is 0. The lowest BCUT2D eigenvalue weighted by atomic mass is 9.95. The van der Waals surface area contributed by atoms with Gasteiger partial charge in [0, 0.05) is 15.2 Å². The maximum atomic E-state index is 6.11. The van der Waals surface area contributed by atoms with Gasteiger partial charge in [0.2, 0.25) is 0 Å². The highest BCUT2D eigenvalue weighted by atomic mass is 79.9. The maximum Gasteiger partial charge on any atom is 0.193 e. The molecule has 0 bridgehead atoms. The van der Waals surface area contributed by atoms with E-state index in [1.54, 1.807) is 0 Å². The molecule has 0 radical (unpaired) electrons. The molecule has 174 valence electrons. The third-order valence-electron chi connectivity index (χ3n) is 5.89. The molecule has 1 aliphatic heterocycles. The number of halogens is 1. The van der Waals surface area contributed by atoms with E-state index in [9.17, 15) is 0 Å². The Morgan fingerprint density at radius 1 is 0.871 bits per heavy atom. The summed E-state index contributed by atoms with van der Waals surface area (Å²) in [5.41, 5.74) is 3.04. The van der Waals surface area contributed by atoms with Crippen LogP contribution in [-0.2, 0) is 22.3 Å². The van der Waals surface area contributed by atoms with Crippen LogP contribution in [0.3, 0.4) is 0 Å². The highest BCUT2D eigenvalue weighted by Crippen LogP contribution is 2.44. The monoisotopic (exact) mass is 526 g/mol. The van der Waals surface area contributed by atoms with Crippen LogP contribution in [-0.4, -0.2) is 13.2 Å². The van der Waals surface area contributed by atoms with Crippen molar-refractivity contribution in [2.24, 2.45) is 5.41 Å². The zero-order chi connectivity index (χ0) is 22.3. The van der Waals surface area contributed by atoms with Crippen molar-refractivity contribution in [2.45, 2.75) is 98.2 Å². The molecule has 3 heterocycles. The van der Waals surface area contributed by atoms with Crippen LogP contribution in [0.2, 0.25) is 0 Å². The van der Waals surface area contributed by atoms with E-state index >= 15 is 0 Å². The molecule has 0 atom stereocenters. The molecule has 1 saturated heterocycles. The van der Waals surface area contributed by atoms with E-state index in [0.29, 0.717) is 0 Å². The van der Waals surface area contributed by atoms with E-state index in [1.165, 1.54) is 87.3 Å². The SMILES string of the molecule is CCCCCCc1cc(-c2sc(C3OCC(C)(C)CO3)cc2CCCCCC)sc1Br. The van der Waals surface area contributed by atoms with E-state index < -0.39 is 0 Å². The number of ether oxygens (including phenoxy) is 2. The van der Waals surface area contributed by atoms with Crippen molar-refractivity contribution >= 4 is 38.6 Å². The molecule has 0 amide bonds. The first-order chi connectivity index (χ1) is 14.9. The predicted molar refractivity (Wildman–Crippen MR) is 139 cm³/mol. The van der Waals surface area contributed by atoms with Gasteiger partial charge in [-0.1, -0.05) is 66.2 Å². The molecule has 0 saturated carbocycles. The third-order valence-corrected chi connectivity index (χ3v) is 9.23. The number of aryl methyl sites for hydroxylation is 2. The summed E-state index contributed by atoms with van der Waals surface area (Å²) in [6.07, 6.45) is 12.5. The first-order valence-electron chi connectivity index (χ1n) is 12.1. The molecule has 0 aliphatic carbocycles. The largest absolute Gasteiger partial charge is 0.347 e. The van der Waals surface area contributed by atoms with Gasteiger partial charge in [0.15, 0.2) is 6.29 Å². The highest BCUT2D eigenvalue weighted by molar-refractivity contribution is 9.11. The molecule has 0 aromatic carbocycles. The molecular weight excluding hydrogens is 488 g/mol. The number of hydrogen-bond donors (Lipinski definition) is 0. The van der Waals surface area contributed by atoms with Crippen molar-refractivity contribution in [1.29, 1.82) is 0 Å². The summed E-state index contributed by atoms with van der Waals surface area (Å²) < 4.78 is 13.5. The van der Waals surface area contributed by atoms with Crippen LogP contribution in [0.4, 0.5) is 0 Å². The van der Waals surface area contributed by atoms with Crippen LogP contribution in [0.5, 0.6) is 0 Å². The molecule has 3 rings (SSSR count). The molecule has 2 aromatic heterocycles. The van der Waals surface area contributed by atoms with Crippen molar-refractivity contribution in [3.8, 4) is 9.75 Å². The summed E-state index contributed by atoms with van der Waals surface area (Å²) in [4.78, 5) is 4.05. The lowest BCUT2D eigenvalue weighted by Gasteiger charge is -2.34. The number of rotatable bonds is 12. The van der Waals surface area contributed by atoms with E-state index in [0.717, 1.165) is 19.6 Å². The molecule has 1 fully saturated rings. The smallest absolute Gasteiger partial charge is 0.193 e. The second kappa shape index (κ2) is 12.3. The Balaban J connectivity index is 1.78. The van der Waals surface area contributed by atoms with Crippen molar-refractivity contribution in [3.05, 3.63) is 31.9 Å². The molecular formula is C26H39BrO2S2. The Bertz CT molecular complexity index is 798.